The summed E-state index contributed by atoms with van der Waals surface area (Å²) in [5.41, 5.74) is 2.08. The topological polar surface area (TPSA) is 93.5 Å². The molecule has 1 aromatic carbocycles. The molecule has 7 heteroatoms. The van der Waals surface area contributed by atoms with E-state index in [4.69, 9.17) is 9.15 Å². The number of anilines is 1. The van der Waals surface area contributed by atoms with Gasteiger partial charge in [-0.05, 0) is 42.8 Å². The van der Waals surface area contributed by atoms with Crippen molar-refractivity contribution in [3.8, 4) is 5.75 Å². The van der Waals surface area contributed by atoms with Crippen LogP contribution >= 0.6 is 0 Å². The number of furan rings is 1. The van der Waals surface area contributed by atoms with Crippen molar-refractivity contribution in [1.29, 1.82) is 0 Å². The van der Waals surface area contributed by atoms with Crippen molar-refractivity contribution in [2.45, 2.75) is 13.5 Å². The number of nitrogens with zero attached hydrogens (tertiary/aromatic N) is 1. The Hall–Kier alpha value is -3.61. The fourth-order valence-electron chi connectivity index (χ4n) is 2.48. The van der Waals surface area contributed by atoms with E-state index in [0.29, 0.717) is 17.2 Å². The Bertz CT molecular complexity index is 952. The van der Waals surface area contributed by atoms with E-state index in [-0.39, 0.29) is 29.5 Å². The lowest BCUT2D eigenvalue weighted by Gasteiger charge is -2.11. The van der Waals surface area contributed by atoms with E-state index in [1.165, 1.54) is 31.8 Å². The summed E-state index contributed by atoms with van der Waals surface area (Å²) < 4.78 is 10.4. The van der Waals surface area contributed by atoms with Crippen molar-refractivity contribution in [3.63, 3.8) is 0 Å². The van der Waals surface area contributed by atoms with Crippen molar-refractivity contribution in [1.82, 2.24) is 10.3 Å². The second kappa shape index (κ2) is 8.18. The molecular formula is C20H19N3O4. The average molecular weight is 365 g/mol. The van der Waals surface area contributed by atoms with Crippen molar-refractivity contribution in [2.75, 3.05) is 12.4 Å². The van der Waals surface area contributed by atoms with Crippen LogP contribution in [0.5, 0.6) is 5.75 Å². The number of aromatic nitrogens is 1. The summed E-state index contributed by atoms with van der Waals surface area (Å²) in [6.45, 7) is 2.17. The predicted octanol–water partition coefficient (Wildman–Crippen LogP) is 3.17. The monoisotopic (exact) mass is 365 g/mol. The first-order chi connectivity index (χ1) is 13.1. The maximum atomic E-state index is 12.6. The normalized spacial score (nSPS) is 10.3. The summed E-state index contributed by atoms with van der Waals surface area (Å²) in [6, 6.07) is 10.5. The van der Waals surface area contributed by atoms with E-state index in [9.17, 15) is 9.59 Å². The number of nitrogens with one attached hydrogen (secondary N) is 2. The zero-order valence-electron chi connectivity index (χ0n) is 15.0. The van der Waals surface area contributed by atoms with E-state index in [2.05, 4.69) is 15.6 Å². The van der Waals surface area contributed by atoms with Gasteiger partial charge in [0.25, 0.3) is 11.8 Å². The highest BCUT2D eigenvalue weighted by Crippen LogP contribution is 2.25. The van der Waals surface area contributed by atoms with Crippen molar-refractivity contribution in [3.05, 3.63) is 77.5 Å². The largest absolute Gasteiger partial charge is 0.495 e. The van der Waals surface area contributed by atoms with E-state index < -0.39 is 0 Å². The maximum absolute atomic E-state index is 12.6. The van der Waals surface area contributed by atoms with Gasteiger partial charge >= 0.3 is 0 Å². The number of amides is 2. The van der Waals surface area contributed by atoms with Gasteiger partial charge in [0.1, 0.15) is 11.5 Å². The van der Waals surface area contributed by atoms with Gasteiger partial charge in [0, 0.05) is 12.4 Å². The molecule has 3 aromatic rings. The third kappa shape index (κ3) is 4.52. The number of hydrogen-bond donors (Lipinski definition) is 2. The molecule has 0 radical (unpaired) electrons. The van der Waals surface area contributed by atoms with Gasteiger partial charge in [-0.2, -0.15) is 0 Å². The Kier molecular flexibility index (Phi) is 5.51. The molecule has 0 fully saturated rings. The first kappa shape index (κ1) is 18.2. The molecule has 0 spiro atoms. The molecule has 0 unspecified atom stereocenters. The summed E-state index contributed by atoms with van der Waals surface area (Å²) in [7, 11) is 1.53. The number of hydrogen-bond acceptors (Lipinski definition) is 5. The molecular weight excluding hydrogens is 346 g/mol. The molecule has 0 atom stereocenters. The molecule has 2 amide bonds. The van der Waals surface area contributed by atoms with E-state index in [0.717, 1.165) is 5.56 Å². The molecule has 138 valence electrons. The highest BCUT2D eigenvalue weighted by atomic mass is 16.5. The smallest absolute Gasteiger partial charge is 0.257 e. The molecule has 2 heterocycles. The lowest BCUT2D eigenvalue weighted by atomic mass is 10.1. The van der Waals surface area contributed by atoms with E-state index >= 15 is 0 Å². The molecule has 0 saturated carbocycles. The van der Waals surface area contributed by atoms with Gasteiger partial charge in [-0.1, -0.05) is 6.07 Å². The first-order valence-corrected chi connectivity index (χ1v) is 8.28. The third-order valence-electron chi connectivity index (χ3n) is 3.87. The fraction of sp³-hybridized carbons (Fsp3) is 0.150. The van der Waals surface area contributed by atoms with Crippen molar-refractivity contribution in [2.24, 2.45) is 0 Å². The third-order valence-corrected chi connectivity index (χ3v) is 3.87. The second-order valence-corrected chi connectivity index (χ2v) is 5.88. The van der Waals surface area contributed by atoms with Gasteiger partial charge in [0.15, 0.2) is 0 Å². The number of ether oxygens (including phenoxy) is 1. The first-order valence-electron chi connectivity index (χ1n) is 8.28. The number of methoxy groups -OCH3 is 1. The molecule has 0 aliphatic carbocycles. The zero-order chi connectivity index (χ0) is 19.2. The van der Waals surface area contributed by atoms with Gasteiger partial charge < -0.3 is 19.8 Å². The van der Waals surface area contributed by atoms with Gasteiger partial charge in [-0.15, -0.1) is 0 Å². The van der Waals surface area contributed by atoms with Gasteiger partial charge in [-0.3, -0.25) is 14.6 Å². The summed E-state index contributed by atoms with van der Waals surface area (Å²) in [4.78, 5) is 28.8. The van der Waals surface area contributed by atoms with Gasteiger partial charge in [-0.25, -0.2) is 0 Å². The number of benzene rings is 1. The Labute approximate surface area is 156 Å². The molecule has 0 bridgehead atoms. The van der Waals surface area contributed by atoms with Crippen LogP contribution < -0.4 is 15.4 Å². The lowest BCUT2D eigenvalue weighted by Crippen LogP contribution is -2.23. The average Bonchev–Trinajstić information content (AvgIpc) is 3.20. The summed E-state index contributed by atoms with van der Waals surface area (Å²) in [6.07, 6.45) is 4.34. The molecule has 0 aliphatic heterocycles. The van der Waals surface area contributed by atoms with Crippen LogP contribution in [-0.4, -0.2) is 23.9 Å². The van der Waals surface area contributed by atoms with Crippen LogP contribution in [0.3, 0.4) is 0 Å². The number of carbonyl (C=O) groups is 2. The van der Waals surface area contributed by atoms with Crippen LogP contribution in [0.2, 0.25) is 0 Å². The molecule has 2 aromatic heterocycles. The van der Waals surface area contributed by atoms with Crippen molar-refractivity contribution < 1.29 is 18.7 Å². The van der Waals surface area contributed by atoms with E-state index in [1.54, 1.807) is 18.2 Å². The summed E-state index contributed by atoms with van der Waals surface area (Å²) in [5, 5.41) is 5.51. The maximum Gasteiger partial charge on any atom is 0.257 e. The van der Waals surface area contributed by atoms with Crippen LogP contribution in [0.1, 0.15) is 32.0 Å². The Morgan fingerprint density at radius 1 is 1.11 bits per heavy atom. The van der Waals surface area contributed by atoms with Gasteiger partial charge in [0.05, 0.1) is 36.7 Å². The number of rotatable bonds is 6. The summed E-state index contributed by atoms with van der Waals surface area (Å²) >= 11 is 0. The predicted molar refractivity (Wildman–Crippen MR) is 99.8 cm³/mol. The minimum absolute atomic E-state index is 0.253. The highest BCUT2D eigenvalue weighted by Gasteiger charge is 2.14. The van der Waals surface area contributed by atoms with Crippen LogP contribution in [0, 0.1) is 6.92 Å². The molecule has 2 N–H and O–H groups in total. The quantitative estimate of drug-likeness (QED) is 0.700. The Balaban J connectivity index is 1.72. The van der Waals surface area contributed by atoms with Gasteiger partial charge in [0.2, 0.25) is 0 Å². The number of carbonyl (C=O) groups excluding carboxylic acids is 2. The minimum Gasteiger partial charge on any atom is -0.495 e. The molecule has 7 nitrogen and oxygen atoms in total. The standard InChI is InChI=1S/C20H19N3O4/c1-13-5-6-18(26-2)17(8-13)23-20(25)15-9-14(10-21-11-15)19(24)22-12-16-4-3-7-27-16/h3-11H,12H2,1-2H3,(H,22,24)(H,23,25). The SMILES string of the molecule is COc1ccc(C)cc1NC(=O)c1cncc(C(=O)NCc2ccco2)c1. The van der Waals surface area contributed by atoms with Crippen LogP contribution in [0.4, 0.5) is 5.69 Å². The van der Waals surface area contributed by atoms with Crippen LogP contribution in [-0.2, 0) is 6.54 Å². The number of aryl methyl sites for hydroxylation is 1. The minimum atomic E-state index is -0.382. The van der Waals surface area contributed by atoms with Crippen LogP contribution in [0.15, 0.2) is 59.5 Å². The molecule has 0 aliphatic rings. The summed E-state index contributed by atoms with van der Waals surface area (Å²) in [5.74, 6) is 0.458. The molecule has 0 saturated heterocycles. The van der Waals surface area contributed by atoms with E-state index in [1.807, 2.05) is 19.1 Å². The lowest BCUT2D eigenvalue weighted by molar-refractivity contribution is 0.0947. The fourth-order valence-corrected chi connectivity index (χ4v) is 2.48. The van der Waals surface area contributed by atoms with Crippen molar-refractivity contribution >= 4 is 17.5 Å². The Morgan fingerprint density at radius 2 is 1.89 bits per heavy atom. The molecule has 3 rings (SSSR count). The van der Waals surface area contributed by atoms with Crippen LogP contribution in [0.25, 0.3) is 0 Å². The number of pyridine rings is 1. The Morgan fingerprint density at radius 3 is 2.59 bits per heavy atom. The second-order valence-electron chi connectivity index (χ2n) is 5.88. The highest BCUT2D eigenvalue weighted by molar-refractivity contribution is 6.06. The zero-order valence-corrected chi connectivity index (χ0v) is 15.0. The molecule has 27 heavy (non-hydrogen) atoms.